The van der Waals surface area contributed by atoms with Gasteiger partial charge < -0.3 is 4.74 Å². The van der Waals surface area contributed by atoms with Crippen LogP contribution in [0.25, 0.3) is 6.08 Å². The van der Waals surface area contributed by atoms with Gasteiger partial charge >= 0.3 is 5.97 Å². The predicted molar refractivity (Wildman–Crippen MR) is 59.5 cm³/mol. The molecule has 1 aliphatic heterocycles. The van der Waals surface area contributed by atoms with Crippen molar-refractivity contribution in [3.63, 3.8) is 0 Å². The Labute approximate surface area is 92.8 Å². The minimum Gasteiger partial charge on any atom is -0.458 e. The van der Waals surface area contributed by atoms with E-state index < -0.39 is 0 Å². The smallest absolute Gasteiger partial charge is 0.331 e. The highest BCUT2D eigenvalue weighted by Crippen LogP contribution is 2.13. The third-order valence-electron chi connectivity index (χ3n) is 2.04. The zero-order chi connectivity index (χ0) is 10.7. The lowest BCUT2D eigenvalue weighted by Crippen LogP contribution is -1.90. The number of carbonyl (C=O) groups excluding carboxylic acids is 1. The van der Waals surface area contributed by atoms with Crippen molar-refractivity contribution >= 4 is 23.6 Å². The summed E-state index contributed by atoms with van der Waals surface area (Å²) in [6, 6.07) is 7.48. The Bertz CT molecular complexity index is 429. The fourth-order valence-corrected chi connectivity index (χ4v) is 1.39. The maximum absolute atomic E-state index is 10.8. The van der Waals surface area contributed by atoms with E-state index in [1.807, 2.05) is 36.4 Å². The molecule has 76 valence electrons. The van der Waals surface area contributed by atoms with Gasteiger partial charge in [-0.2, -0.15) is 0 Å². The first kappa shape index (κ1) is 9.99. The first-order valence-electron chi connectivity index (χ1n) is 4.55. The van der Waals surface area contributed by atoms with Crippen LogP contribution >= 0.6 is 11.6 Å². The van der Waals surface area contributed by atoms with Gasteiger partial charge in [-0.25, -0.2) is 4.79 Å². The molecule has 0 bridgehead atoms. The Balaban J connectivity index is 2.08. The average Bonchev–Trinajstić information content (AvgIpc) is 2.64. The number of rotatable bonds is 2. The summed E-state index contributed by atoms with van der Waals surface area (Å²) in [5.74, 6) is -0.272. The lowest BCUT2D eigenvalue weighted by molar-refractivity contribution is -0.134. The molecule has 0 unspecified atom stereocenters. The third kappa shape index (κ3) is 2.70. The standard InChI is InChI=1S/C12H9ClO2/c13-11-5-3-9(4-6-11)1-2-10-7-12(14)15-8-10/h1-7H,8H2. The van der Waals surface area contributed by atoms with E-state index in [-0.39, 0.29) is 5.97 Å². The first-order valence-corrected chi connectivity index (χ1v) is 4.93. The van der Waals surface area contributed by atoms with Gasteiger partial charge in [0.2, 0.25) is 0 Å². The van der Waals surface area contributed by atoms with Crippen LogP contribution < -0.4 is 0 Å². The van der Waals surface area contributed by atoms with Crippen molar-refractivity contribution in [2.75, 3.05) is 6.61 Å². The van der Waals surface area contributed by atoms with E-state index >= 15 is 0 Å². The van der Waals surface area contributed by atoms with E-state index in [4.69, 9.17) is 16.3 Å². The van der Waals surface area contributed by atoms with Crippen LogP contribution in [-0.2, 0) is 9.53 Å². The van der Waals surface area contributed by atoms with Crippen molar-refractivity contribution in [1.82, 2.24) is 0 Å². The van der Waals surface area contributed by atoms with Crippen molar-refractivity contribution < 1.29 is 9.53 Å². The van der Waals surface area contributed by atoms with Gasteiger partial charge in [0, 0.05) is 11.1 Å². The number of benzene rings is 1. The molecule has 0 saturated carbocycles. The maximum Gasteiger partial charge on any atom is 0.331 e. The maximum atomic E-state index is 10.8. The third-order valence-corrected chi connectivity index (χ3v) is 2.30. The molecule has 2 nitrogen and oxygen atoms in total. The zero-order valence-corrected chi connectivity index (χ0v) is 8.70. The van der Waals surface area contributed by atoms with Crippen LogP contribution in [0.4, 0.5) is 0 Å². The van der Waals surface area contributed by atoms with E-state index in [2.05, 4.69) is 0 Å². The van der Waals surface area contributed by atoms with Gasteiger partial charge in [0.25, 0.3) is 0 Å². The Morgan fingerprint density at radius 1 is 1.20 bits per heavy atom. The van der Waals surface area contributed by atoms with Gasteiger partial charge in [0.1, 0.15) is 6.61 Å². The molecule has 0 radical (unpaired) electrons. The minimum absolute atomic E-state index is 0.272. The van der Waals surface area contributed by atoms with Crippen molar-refractivity contribution in [2.24, 2.45) is 0 Å². The number of hydrogen-bond donors (Lipinski definition) is 0. The molecule has 0 aliphatic carbocycles. The first-order chi connectivity index (χ1) is 7.24. The second kappa shape index (κ2) is 4.32. The molecule has 1 aromatic carbocycles. The van der Waals surface area contributed by atoms with Crippen LogP contribution in [0.15, 0.2) is 42.0 Å². The summed E-state index contributed by atoms with van der Waals surface area (Å²) in [5.41, 5.74) is 1.93. The number of hydrogen-bond acceptors (Lipinski definition) is 2. The van der Waals surface area contributed by atoms with Crippen molar-refractivity contribution in [3.05, 3.63) is 52.6 Å². The second-order valence-corrected chi connectivity index (χ2v) is 3.65. The predicted octanol–water partition coefficient (Wildman–Crippen LogP) is 2.84. The molecule has 0 aromatic heterocycles. The van der Waals surface area contributed by atoms with E-state index in [1.165, 1.54) is 6.08 Å². The molecule has 0 amide bonds. The highest BCUT2D eigenvalue weighted by Gasteiger charge is 2.09. The molecular formula is C12H9ClO2. The fraction of sp³-hybridized carbons (Fsp3) is 0.0833. The molecular weight excluding hydrogens is 212 g/mol. The molecule has 0 fully saturated rings. The molecule has 2 rings (SSSR count). The molecule has 1 heterocycles. The molecule has 0 saturated heterocycles. The van der Waals surface area contributed by atoms with Crippen LogP contribution in [0.5, 0.6) is 0 Å². The lowest BCUT2D eigenvalue weighted by Gasteiger charge is -1.94. The largest absolute Gasteiger partial charge is 0.458 e. The monoisotopic (exact) mass is 220 g/mol. The van der Waals surface area contributed by atoms with Crippen LogP contribution in [0, 0.1) is 0 Å². The second-order valence-electron chi connectivity index (χ2n) is 3.21. The van der Waals surface area contributed by atoms with Gasteiger partial charge in [0.15, 0.2) is 0 Å². The van der Waals surface area contributed by atoms with Crippen LogP contribution in [0.3, 0.4) is 0 Å². The Morgan fingerprint density at radius 3 is 2.53 bits per heavy atom. The average molecular weight is 221 g/mol. The molecule has 3 heteroatoms. The van der Waals surface area contributed by atoms with Gasteiger partial charge in [-0.1, -0.05) is 35.9 Å². The number of cyclic esters (lactones) is 1. The van der Waals surface area contributed by atoms with Gasteiger partial charge in [-0.3, -0.25) is 0 Å². The van der Waals surface area contributed by atoms with Gasteiger partial charge in [0.05, 0.1) is 0 Å². The van der Waals surface area contributed by atoms with E-state index in [0.29, 0.717) is 11.6 Å². The molecule has 15 heavy (non-hydrogen) atoms. The van der Waals surface area contributed by atoms with Crippen LogP contribution in [0.1, 0.15) is 5.56 Å². The summed E-state index contributed by atoms with van der Waals surface area (Å²) >= 11 is 5.76. The van der Waals surface area contributed by atoms with Gasteiger partial charge in [-0.15, -0.1) is 0 Å². The van der Waals surface area contributed by atoms with Gasteiger partial charge in [-0.05, 0) is 23.3 Å². The fourth-order valence-electron chi connectivity index (χ4n) is 1.26. The normalized spacial score (nSPS) is 15.5. The van der Waals surface area contributed by atoms with Crippen molar-refractivity contribution in [1.29, 1.82) is 0 Å². The van der Waals surface area contributed by atoms with Crippen LogP contribution in [0.2, 0.25) is 5.02 Å². The van der Waals surface area contributed by atoms with Crippen molar-refractivity contribution in [2.45, 2.75) is 0 Å². The highest BCUT2D eigenvalue weighted by atomic mass is 35.5. The summed E-state index contributed by atoms with van der Waals surface area (Å²) in [5, 5.41) is 0.714. The van der Waals surface area contributed by atoms with E-state index in [9.17, 15) is 4.79 Å². The molecule has 0 spiro atoms. The van der Waals surface area contributed by atoms with Crippen LogP contribution in [-0.4, -0.2) is 12.6 Å². The Kier molecular flexibility index (Phi) is 2.88. The SMILES string of the molecule is O=C1C=C(C=Cc2ccc(Cl)cc2)CO1. The van der Waals surface area contributed by atoms with E-state index in [1.54, 1.807) is 0 Å². The number of carbonyl (C=O) groups is 1. The molecule has 0 N–H and O–H groups in total. The summed E-state index contributed by atoms with van der Waals surface area (Å²) in [6.45, 7) is 0.364. The topological polar surface area (TPSA) is 26.3 Å². The molecule has 1 aliphatic rings. The summed E-state index contributed by atoms with van der Waals surface area (Å²) < 4.78 is 4.77. The minimum atomic E-state index is -0.272. The summed E-state index contributed by atoms with van der Waals surface area (Å²) in [4.78, 5) is 10.8. The van der Waals surface area contributed by atoms with E-state index in [0.717, 1.165) is 11.1 Å². The zero-order valence-electron chi connectivity index (χ0n) is 7.94. The summed E-state index contributed by atoms with van der Waals surface area (Å²) in [7, 11) is 0. The lowest BCUT2D eigenvalue weighted by atomic mass is 10.1. The Hall–Kier alpha value is -1.54. The molecule has 1 aromatic rings. The number of halogens is 1. The quantitative estimate of drug-likeness (QED) is 0.717. The molecule has 0 atom stereocenters. The number of ether oxygens (including phenoxy) is 1. The summed E-state index contributed by atoms with van der Waals surface area (Å²) in [6.07, 6.45) is 5.28. The number of esters is 1. The van der Waals surface area contributed by atoms with Crippen molar-refractivity contribution in [3.8, 4) is 0 Å². The Morgan fingerprint density at radius 2 is 1.93 bits per heavy atom. The highest BCUT2D eigenvalue weighted by molar-refractivity contribution is 6.30.